The molecule has 2 amide bonds. The van der Waals surface area contributed by atoms with Crippen LogP contribution in [0.3, 0.4) is 0 Å². The van der Waals surface area contributed by atoms with Gasteiger partial charge in [0.1, 0.15) is 18.2 Å². The predicted octanol–water partition coefficient (Wildman–Crippen LogP) is 1.86. The van der Waals surface area contributed by atoms with Gasteiger partial charge in [-0.2, -0.15) is 5.06 Å². The fraction of sp³-hybridized carbons (Fsp3) is 0.429. The van der Waals surface area contributed by atoms with Crippen molar-refractivity contribution >= 4 is 17.7 Å². The predicted molar refractivity (Wildman–Crippen MR) is 73.0 cm³/mol. The summed E-state index contributed by atoms with van der Waals surface area (Å²) >= 11 is 0. The van der Waals surface area contributed by atoms with Crippen molar-refractivity contribution in [2.75, 3.05) is 11.7 Å². The van der Waals surface area contributed by atoms with Gasteiger partial charge in [-0.25, -0.2) is 4.79 Å². The van der Waals surface area contributed by atoms with E-state index in [4.69, 9.17) is 9.57 Å². The molecule has 1 N–H and O–H groups in total. The molecule has 1 aromatic carbocycles. The van der Waals surface area contributed by atoms with Gasteiger partial charge in [0.2, 0.25) is 0 Å². The molecule has 0 saturated carbocycles. The number of benzene rings is 1. The van der Waals surface area contributed by atoms with Gasteiger partial charge in [-0.3, -0.25) is 9.63 Å². The molecule has 0 bridgehead atoms. The van der Waals surface area contributed by atoms with E-state index in [0.717, 1.165) is 0 Å². The minimum Gasteiger partial charge on any atom is -0.444 e. The third-order valence-electron chi connectivity index (χ3n) is 2.55. The molecule has 1 heterocycles. The zero-order valence-corrected chi connectivity index (χ0v) is 11.8. The summed E-state index contributed by atoms with van der Waals surface area (Å²) in [5.74, 6) is -0.318. The zero-order valence-electron chi connectivity index (χ0n) is 11.8. The fourth-order valence-electron chi connectivity index (χ4n) is 1.74. The van der Waals surface area contributed by atoms with Gasteiger partial charge in [-0.1, -0.05) is 18.2 Å². The number of ether oxygens (including phenoxy) is 1. The smallest absolute Gasteiger partial charge is 0.408 e. The van der Waals surface area contributed by atoms with Gasteiger partial charge < -0.3 is 10.1 Å². The third-order valence-corrected chi connectivity index (χ3v) is 2.55. The number of hydrogen-bond donors (Lipinski definition) is 1. The Hall–Kier alpha value is -2.08. The summed E-state index contributed by atoms with van der Waals surface area (Å²) in [6.07, 6.45) is -0.630. The lowest BCUT2D eigenvalue weighted by Gasteiger charge is -2.20. The van der Waals surface area contributed by atoms with E-state index < -0.39 is 17.7 Å². The Kier molecular flexibility index (Phi) is 3.94. The first-order valence-electron chi connectivity index (χ1n) is 6.38. The van der Waals surface area contributed by atoms with E-state index in [-0.39, 0.29) is 12.5 Å². The lowest BCUT2D eigenvalue weighted by Crippen LogP contribution is -2.44. The van der Waals surface area contributed by atoms with Crippen molar-refractivity contribution in [3.63, 3.8) is 0 Å². The average molecular weight is 278 g/mol. The number of anilines is 1. The first-order valence-corrected chi connectivity index (χ1v) is 6.38. The Bertz CT molecular complexity index is 496. The average Bonchev–Trinajstić information content (AvgIpc) is 2.70. The molecule has 0 aromatic heterocycles. The monoisotopic (exact) mass is 278 g/mol. The van der Waals surface area contributed by atoms with Crippen LogP contribution in [0.1, 0.15) is 20.8 Å². The molecule has 2 rings (SSSR count). The molecule has 6 heteroatoms. The number of rotatable bonds is 2. The molecular formula is C14H18N2O4. The van der Waals surface area contributed by atoms with E-state index in [1.54, 1.807) is 45.0 Å². The first-order chi connectivity index (χ1) is 9.37. The van der Waals surface area contributed by atoms with Crippen LogP contribution in [-0.4, -0.2) is 30.3 Å². The van der Waals surface area contributed by atoms with Crippen molar-refractivity contribution in [3.05, 3.63) is 30.3 Å². The molecule has 1 atom stereocenters. The maximum Gasteiger partial charge on any atom is 0.408 e. The molecule has 0 aliphatic carbocycles. The molecule has 0 spiro atoms. The lowest BCUT2D eigenvalue weighted by atomic mass is 10.2. The minimum absolute atomic E-state index is 0.0902. The van der Waals surface area contributed by atoms with Gasteiger partial charge in [0, 0.05) is 0 Å². The Morgan fingerprint density at radius 1 is 1.35 bits per heavy atom. The van der Waals surface area contributed by atoms with Gasteiger partial charge in [0.25, 0.3) is 5.91 Å². The SMILES string of the molecule is CC(C)(C)OC(=O)N[C@@H]1CON(c2ccccc2)C1=O. The van der Waals surface area contributed by atoms with Crippen LogP contribution < -0.4 is 10.4 Å². The standard InChI is InChI=1S/C14H18N2O4/c1-14(2,3)20-13(18)15-11-9-19-16(12(11)17)10-7-5-4-6-8-10/h4-8,11H,9H2,1-3H3,(H,15,18)/t11-/m1/s1. The Morgan fingerprint density at radius 3 is 2.60 bits per heavy atom. The van der Waals surface area contributed by atoms with E-state index >= 15 is 0 Å². The zero-order chi connectivity index (χ0) is 14.8. The Morgan fingerprint density at radius 2 is 2.00 bits per heavy atom. The van der Waals surface area contributed by atoms with Crippen LogP contribution in [0.4, 0.5) is 10.5 Å². The van der Waals surface area contributed by atoms with Crippen LogP contribution in [0.15, 0.2) is 30.3 Å². The number of hydroxylamine groups is 1. The summed E-state index contributed by atoms with van der Waals surface area (Å²) in [4.78, 5) is 29.1. The minimum atomic E-state index is -0.731. The van der Waals surface area contributed by atoms with Crippen LogP contribution in [0.2, 0.25) is 0 Å². The van der Waals surface area contributed by atoms with Gasteiger partial charge >= 0.3 is 6.09 Å². The van der Waals surface area contributed by atoms with Crippen molar-refractivity contribution in [1.29, 1.82) is 0 Å². The summed E-state index contributed by atoms with van der Waals surface area (Å²) in [7, 11) is 0. The van der Waals surface area contributed by atoms with Crippen molar-refractivity contribution in [2.45, 2.75) is 32.4 Å². The van der Waals surface area contributed by atoms with Crippen molar-refractivity contribution < 1.29 is 19.2 Å². The van der Waals surface area contributed by atoms with E-state index in [9.17, 15) is 9.59 Å². The number of hydrogen-bond acceptors (Lipinski definition) is 4. The van der Waals surface area contributed by atoms with Crippen LogP contribution in [0.5, 0.6) is 0 Å². The van der Waals surface area contributed by atoms with Gasteiger partial charge in [0.15, 0.2) is 0 Å². The van der Waals surface area contributed by atoms with Crippen LogP contribution >= 0.6 is 0 Å². The summed E-state index contributed by atoms with van der Waals surface area (Å²) in [6.45, 7) is 5.37. The highest BCUT2D eigenvalue weighted by Crippen LogP contribution is 2.19. The lowest BCUT2D eigenvalue weighted by molar-refractivity contribution is -0.120. The highest BCUT2D eigenvalue weighted by molar-refractivity contribution is 5.98. The Labute approximate surface area is 117 Å². The maximum absolute atomic E-state index is 12.1. The highest BCUT2D eigenvalue weighted by atomic mass is 16.7. The van der Waals surface area contributed by atoms with Gasteiger partial charge in [0.05, 0.1) is 5.69 Å². The van der Waals surface area contributed by atoms with E-state index in [1.807, 2.05) is 6.07 Å². The number of carbonyl (C=O) groups is 2. The second-order valence-corrected chi connectivity index (χ2v) is 5.46. The highest BCUT2D eigenvalue weighted by Gasteiger charge is 2.36. The van der Waals surface area contributed by atoms with Crippen LogP contribution in [-0.2, 0) is 14.4 Å². The topological polar surface area (TPSA) is 67.9 Å². The number of carbonyl (C=O) groups excluding carboxylic acids is 2. The molecule has 6 nitrogen and oxygen atoms in total. The summed E-state index contributed by atoms with van der Waals surface area (Å²) in [6, 6.07) is 8.24. The quantitative estimate of drug-likeness (QED) is 0.896. The maximum atomic E-state index is 12.1. The van der Waals surface area contributed by atoms with Crippen molar-refractivity contribution in [2.24, 2.45) is 0 Å². The number of para-hydroxylation sites is 1. The largest absolute Gasteiger partial charge is 0.444 e. The third kappa shape index (κ3) is 3.48. The number of alkyl carbamates (subject to hydrolysis) is 1. The molecule has 108 valence electrons. The number of nitrogens with one attached hydrogen (secondary N) is 1. The van der Waals surface area contributed by atoms with E-state index in [2.05, 4.69) is 5.32 Å². The molecule has 20 heavy (non-hydrogen) atoms. The molecule has 0 radical (unpaired) electrons. The Balaban J connectivity index is 1.97. The van der Waals surface area contributed by atoms with Crippen LogP contribution in [0, 0.1) is 0 Å². The summed E-state index contributed by atoms with van der Waals surface area (Å²) in [5.41, 5.74) is 0.0251. The second-order valence-electron chi connectivity index (χ2n) is 5.46. The van der Waals surface area contributed by atoms with Crippen molar-refractivity contribution in [3.8, 4) is 0 Å². The molecular weight excluding hydrogens is 260 g/mol. The molecule has 1 aliphatic rings. The summed E-state index contributed by atoms with van der Waals surface area (Å²) in [5, 5.41) is 3.69. The molecule has 1 fully saturated rings. The molecule has 1 aromatic rings. The first kappa shape index (κ1) is 14.3. The van der Waals surface area contributed by atoms with Crippen molar-refractivity contribution in [1.82, 2.24) is 5.32 Å². The summed E-state index contributed by atoms with van der Waals surface area (Å²) < 4.78 is 5.11. The van der Waals surface area contributed by atoms with E-state index in [1.165, 1.54) is 5.06 Å². The number of amides is 2. The normalized spacial score (nSPS) is 19.1. The number of nitrogens with zero attached hydrogens (tertiary/aromatic N) is 1. The fourth-order valence-corrected chi connectivity index (χ4v) is 1.74. The van der Waals surface area contributed by atoms with E-state index in [0.29, 0.717) is 5.69 Å². The molecule has 1 saturated heterocycles. The second kappa shape index (κ2) is 5.50. The van der Waals surface area contributed by atoms with Gasteiger partial charge in [-0.05, 0) is 32.9 Å². The van der Waals surface area contributed by atoms with Crippen LogP contribution in [0.25, 0.3) is 0 Å². The molecule has 0 unspecified atom stereocenters. The van der Waals surface area contributed by atoms with Gasteiger partial charge in [-0.15, -0.1) is 0 Å². The molecule has 1 aliphatic heterocycles.